The number of hydrogen-bond acceptors (Lipinski definition) is 1. The number of benzene rings is 1. The number of carbonyl (C=O) groups excluding carboxylic acids is 1. The first-order valence-corrected chi connectivity index (χ1v) is 5.97. The molecular weight excluding hydrogens is 350 g/mol. The Kier molecular flexibility index (Phi) is 3.09. The molecule has 0 aliphatic carbocycles. The van der Waals surface area contributed by atoms with E-state index >= 15 is 0 Å². The smallest absolute Gasteiger partial charge is 0.282 e. The van der Waals surface area contributed by atoms with Crippen molar-refractivity contribution in [2.24, 2.45) is 0 Å². The Morgan fingerprint density at radius 3 is 2.56 bits per heavy atom. The van der Waals surface area contributed by atoms with Crippen molar-refractivity contribution < 1.29 is 13.6 Å². The average molecular weight is 358 g/mol. The van der Waals surface area contributed by atoms with Crippen LogP contribution in [0.4, 0.5) is 8.78 Å². The molecule has 1 aromatic carbocycles. The fraction of sp³-hybridized carbons (Fsp3) is 0.300. The van der Waals surface area contributed by atoms with Gasteiger partial charge in [-0.15, -0.1) is 0 Å². The Morgan fingerprint density at radius 2 is 2.06 bits per heavy atom. The molecule has 1 saturated heterocycles. The van der Waals surface area contributed by atoms with E-state index in [1.165, 1.54) is 6.07 Å². The fourth-order valence-corrected chi connectivity index (χ4v) is 1.98. The van der Waals surface area contributed by atoms with E-state index in [1.807, 2.05) is 22.6 Å². The number of halogens is 4. The highest BCUT2D eigenvalue weighted by Crippen LogP contribution is 2.29. The molecule has 0 unspecified atom stereocenters. The van der Waals surface area contributed by atoms with Gasteiger partial charge in [-0.05, 0) is 40.8 Å². The topological polar surface area (TPSA) is 20.3 Å². The lowest BCUT2D eigenvalue weighted by Crippen LogP contribution is -2.58. The molecule has 0 bridgehead atoms. The first-order chi connectivity index (χ1) is 7.39. The van der Waals surface area contributed by atoms with Crippen molar-refractivity contribution in [2.45, 2.75) is 5.92 Å². The Hall–Kier alpha value is -0.430. The zero-order chi connectivity index (χ0) is 11.9. The number of nitrogens with zero attached hydrogens (tertiary/aromatic N) is 1. The lowest BCUT2D eigenvalue weighted by molar-refractivity contribution is -0.113. The van der Waals surface area contributed by atoms with E-state index in [2.05, 4.69) is 0 Å². The van der Waals surface area contributed by atoms with Gasteiger partial charge in [-0.2, -0.15) is 0 Å². The summed E-state index contributed by atoms with van der Waals surface area (Å²) in [5.74, 6) is -3.13. The molecule has 1 amide bonds. The molecule has 0 radical (unpaired) electrons. The summed E-state index contributed by atoms with van der Waals surface area (Å²) < 4.78 is 26.0. The zero-order valence-electron chi connectivity index (χ0n) is 8.01. The molecule has 0 spiro atoms. The Labute approximate surface area is 110 Å². The van der Waals surface area contributed by atoms with E-state index in [9.17, 15) is 13.6 Å². The van der Waals surface area contributed by atoms with Crippen molar-refractivity contribution in [1.82, 2.24) is 4.90 Å². The zero-order valence-corrected chi connectivity index (χ0v) is 10.9. The van der Waals surface area contributed by atoms with Crippen LogP contribution in [0, 0.1) is 3.57 Å². The van der Waals surface area contributed by atoms with Gasteiger partial charge in [-0.1, -0.05) is 11.6 Å². The molecular formula is C10H7ClF2INO. The summed E-state index contributed by atoms with van der Waals surface area (Å²) in [6.07, 6.45) is 0. The molecule has 1 fully saturated rings. The lowest BCUT2D eigenvalue weighted by atomic mass is 10.1. The summed E-state index contributed by atoms with van der Waals surface area (Å²) in [4.78, 5) is 12.8. The van der Waals surface area contributed by atoms with E-state index < -0.39 is 24.9 Å². The minimum atomic E-state index is -2.73. The molecule has 1 aliphatic heterocycles. The summed E-state index contributed by atoms with van der Waals surface area (Å²) in [6.45, 7) is -1.01. The monoisotopic (exact) mass is 357 g/mol. The molecule has 16 heavy (non-hydrogen) atoms. The van der Waals surface area contributed by atoms with Crippen LogP contribution < -0.4 is 0 Å². The van der Waals surface area contributed by atoms with Crippen molar-refractivity contribution in [3.05, 3.63) is 32.4 Å². The summed E-state index contributed by atoms with van der Waals surface area (Å²) in [7, 11) is 0. The van der Waals surface area contributed by atoms with Crippen LogP contribution in [0.15, 0.2) is 18.2 Å². The maximum atomic E-state index is 12.6. The van der Waals surface area contributed by atoms with Gasteiger partial charge in [-0.25, -0.2) is 8.78 Å². The molecule has 0 atom stereocenters. The van der Waals surface area contributed by atoms with E-state index in [0.29, 0.717) is 10.6 Å². The Bertz CT molecular complexity index is 444. The highest BCUT2D eigenvalue weighted by atomic mass is 127. The molecule has 0 aromatic heterocycles. The predicted molar refractivity (Wildman–Crippen MR) is 65.0 cm³/mol. The van der Waals surface area contributed by atoms with Crippen LogP contribution in [0.1, 0.15) is 10.4 Å². The van der Waals surface area contributed by atoms with E-state index in [-0.39, 0.29) is 0 Å². The van der Waals surface area contributed by atoms with Gasteiger partial charge < -0.3 is 4.90 Å². The minimum Gasteiger partial charge on any atom is -0.326 e. The van der Waals surface area contributed by atoms with Gasteiger partial charge in [0, 0.05) is 9.13 Å². The van der Waals surface area contributed by atoms with Crippen LogP contribution >= 0.6 is 34.2 Å². The third kappa shape index (κ3) is 2.29. The van der Waals surface area contributed by atoms with Gasteiger partial charge in [0.25, 0.3) is 11.8 Å². The van der Waals surface area contributed by atoms with Gasteiger partial charge >= 0.3 is 0 Å². The SMILES string of the molecule is O=C(c1ccc(I)c(Cl)c1)N1CC(F)(F)C1. The van der Waals surface area contributed by atoms with E-state index in [0.717, 1.165) is 8.47 Å². The highest BCUT2D eigenvalue weighted by molar-refractivity contribution is 14.1. The summed E-state index contributed by atoms with van der Waals surface area (Å²) >= 11 is 7.89. The van der Waals surface area contributed by atoms with Gasteiger partial charge in [0.05, 0.1) is 18.1 Å². The van der Waals surface area contributed by atoms with Crippen LogP contribution in [-0.4, -0.2) is 29.8 Å². The molecule has 0 N–H and O–H groups in total. The molecule has 2 nitrogen and oxygen atoms in total. The van der Waals surface area contributed by atoms with Crippen LogP contribution in [0.2, 0.25) is 5.02 Å². The lowest BCUT2D eigenvalue weighted by Gasteiger charge is -2.38. The standard InChI is InChI=1S/C10H7ClF2INO/c11-7-3-6(1-2-8(7)14)9(16)15-4-10(12,13)5-15/h1-3H,4-5H2. The maximum Gasteiger partial charge on any atom is 0.282 e. The largest absolute Gasteiger partial charge is 0.326 e. The number of amides is 1. The first-order valence-electron chi connectivity index (χ1n) is 4.51. The highest BCUT2D eigenvalue weighted by Gasteiger charge is 2.46. The first kappa shape index (κ1) is 12.0. The molecule has 6 heteroatoms. The summed E-state index contributed by atoms with van der Waals surface area (Å²) in [5.41, 5.74) is 0.348. The minimum absolute atomic E-state index is 0.348. The third-order valence-corrected chi connectivity index (χ3v) is 3.87. The van der Waals surface area contributed by atoms with Gasteiger partial charge in [0.2, 0.25) is 0 Å². The average Bonchev–Trinajstić information content (AvgIpc) is 2.17. The van der Waals surface area contributed by atoms with Crippen molar-refractivity contribution >= 4 is 40.1 Å². The molecule has 0 saturated carbocycles. The Balaban J connectivity index is 2.13. The maximum absolute atomic E-state index is 12.6. The van der Waals surface area contributed by atoms with Crippen LogP contribution in [0.3, 0.4) is 0 Å². The van der Waals surface area contributed by atoms with E-state index in [4.69, 9.17) is 11.6 Å². The normalized spacial score (nSPS) is 18.1. The predicted octanol–water partition coefficient (Wildman–Crippen LogP) is 3.04. The number of carbonyl (C=O) groups is 1. The molecule has 2 rings (SSSR count). The molecule has 1 heterocycles. The second kappa shape index (κ2) is 4.10. The van der Waals surface area contributed by atoms with Crippen LogP contribution in [0.5, 0.6) is 0 Å². The fourth-order valence-electron chi connectivity index (χ4n) is 1.47. The quantitative estimate of drug-likeness (QED) is 0.708. The van der Waals surface area contributed by atoms with Gasteiger partial charge in [0.15, 0.2) is 0 Å². The van der Waals surface area contributed by atoms with Gasteiger partial charge in [0.1, 0.15) is 0 Å². The Morgan fingerprint density at radius 1 is 1.44 bits per heavy atom. The van der Waals surface area contributed by atoms with Crippen LogP contribution in [0.25, 0.3) is 0 Å². The number of likely N-dealkylation sites (tertiary alicyclic amines) is 1. The summed E-state index contributed by atoms with van der Waals surface area (Å²) in [5, 5.41) is 0.457. The van der Waals surface area contributed by atoms with Crippen molar-refractivity contribution in [3.63, 3.8) is 0 Å². The van der Waals surface area contributed by atoms with Gasteiger partial charge in [-0.3, -0.25) is 4.79 Å². The summed E-state index contributed by atoms with van der Waals surface area (Å²) in [6, 6.07) is 4.78. The number of hydrogen-bond donors (Lipinski definition) is 0. The second-order valence-electron chi connectivity index (χ2n) is 3.65. The number of rotatable bonds is 1. The van der Waals surface area contributed by atoms with Crippen molar-refractivity contribution in [2.75, 3.05) is 13.1 Å². The molecule has 86 valence electrons. The number of alkyl halides is 2. The van der Waals surface area contributed by atoms with E-state index in [1.54, 1.807) is 12.1 Å². The molecule has 1 aliphatic rings. The van der Waals surface area contributed by atoms with Crippen molar-refractivity contribution in [3.8, 4) is 0 Å². The second-order valence-corrected chi connectivity index (χ2v) is 5.22. The molecule has 1 aromatic rings. The van der Waals surface area contributed by atoms with Crippen LogP contribution in [-0.2, 0) is 0 Å². The van der Waals surface area contributed by atoms with Crippen molar-refractivity contribution in [1.29, 1.82) is 0 Å². The third-order valence-electron chi connectivity index (χ3n) is 2.30.